The summed E-state index contributed by atoms with van der Waals surface area (Å²) in [5.74, 6) is 0. The Bertz CT molecular complexity index is 312. The van der Waals surface area contributed by atoms with Crippen molar-refractivity contribution in [1.82, 2.24) is 5.32 Å². The zero-order valence-electron chi connectivity index (χ0n) is 9.39. The van der Waals surface area contributed by atoms with Crippen LogP contribution in [-0.2, 0) is 6.54 Å². The molecule has 0 spiro atoms. The number of hydrogen-bond acceptors (Lipinski definition) is 2. The molecule has 0 bridgehead atoms. The van der Waals surface area contributed by atoms with Crippen LogP contribution >= 0.6 is 11.6 Å². The first-order valence-corrected chi connectivity index (χ1v) is 5.69. The third kappa shape index (κ3) is 4.20. The van der Waals surface area contributed by atoms with E-state index in [9.17, 15) is 0 Å². The number of hydrogen-bond donors (Lipinski definition) is 2. The van der Waals surface area contributed by atoms with Gasteiger partial charge in [-0.3, -0.25) is 0 Å². The summed E-state index contributed by atoms with van der Waals surface area (Å²) in [6.07, 6.45) is 1.000. The van der Waals surface area contributed by atoms with E-state index in [-0.39, 0.29) is 0 Å². The molecule has 1 unspecified atom stereocenters. The van der Waals surface area contributed by atoms with Crippen molar-refractivity contribution in [3.63, 3.8) is 0 Å². The second kappa shape index (κ2) is 6.11. The van der Waals surface area contributed by atoms with Gasteiger partial charge in [-0.05, 0) is 44.0 Å². The van der Waals surface area contributed by atoms with Crippen molar-refractivity contribution in [3.8, 4) is 0 Å². The van der Waals surface area contributed by atoms with E-state index in [1.54, 1.807) is 0 Å². The maximum absolute atomic E-state index is 6.04. The molecule has 15 heavy (non-hydrogen) atoms. The maximum atomic E-state index is 6.04. The number of halogens is 1. The molecule has 0 heterocycles. The summed E-state index contributed by atoms with van der Waals surface area (Å²) in [5.41, 5.74) is 7.82. The van der Waals surface area contributed by atoms with Crippen molar-refractivity contribution in [1.29, 1.82) is 0 Å². The van der Waals surface area contributed by atoms with Crippen LogP contribution in [0.2, 0.25) is 5.02 Å². The molecule has 0 saturated heterocycles. The molecule has 1 atom stereocenters. The number of benzene rings is 1. The van der Waals surface area contributed by atoms with Crippen LogP contribution in [0, 0.1) is 6.92 Å². The van der Waals surface area contributed by atoms with Crippen LogP contribution in [0.15, 0.2) is 18.2 Å². The molecule has 0 fully saturated rings. The van der Waals surface area contributed by atoms with Crippen molar-refractivity contribution >= 4 is 11.6 Å². The molecule has 0 saturated carbocycles. The van der Waals surface area contributed by atoms with Gasteiger partial charge >= 0.3 is 0 Å². The summed E-state index contributed by atoms with van der Waals surface area (Å²) in [7, 11) is 0. The minimum atomic E-state index is 0.454. The fourth-order valence-corrected chi connectivity index (χ4v) is 1.59. The first kappa shape index (κ1) is 12.5. The van der Waals surface area contributed by atoms with E-state index in [0.717, 1.165) is 30.1 Å². The molecule has 3 heteroatoms. The Morgan fingerprint density at radius 3 is 2.80 bits per heavy atom. The molecule has 1 aromatic rings. The molecule has 1 aromatic carbocycles. The van der Waals surface area contributed by atoms with Crippen molar-refractivity contribution in [2.45, 2.75) is 32.9 Å². The Morgan fingerprint density at radius 2 is 2.20 bits per heavy atom. The van der Waals surface area contributed by atoms with Gasteiger partial charge in [-0.2, -0.15) is 0 Å². The van der Waals surface area contributed by atoms with Gasteiger partial charge < -0.3 is 11.1 Å². The van der Waals surface area contributed by atoms with Gasteiger partial charge in [-0.25, -0.2) is 0 Å². The molecule has 84 valence electrons. The van der Waals surface area contributed by atoms with Crippen LogP contribution in [0.3, 0.4) is 0 Å². The Hall–Kier alpha value is -0.570. The van der Waals surface area contributed by atoms with Crippen LogP contribution in [0.5, 0.6) is 0 Å². The van der Waals surface area contributed by atoms with Gasteiger partial charge in [-0.1, -0.05) is 23.7 Å². The summed E-state index contributed by atoms with van der Waals surface area (Å²) < 4.78 is 0. The van der Waals surface area contributed by atoms with Gasteiger partial charge in [0.25, 0.3) is 0 Å². The summed E-state index contributed by atoms with van der Waals surface area (Å²) in [4.78, 5) is 0. The number of nitrogens with two attached hydrogens (primary N) is 1. The second-order valence-corrected chi connectivity index (χ2v) is 4.35. The lowest BCUT2D eigenvalue weighted by molar-refractivity contribution is 0.520. The van der Waals surface area contributed by atoms with Gasteiger partial charge in [0.1, 0.15) is 0 Å². The Morgan fingerprint density at radius 1 is 1.47 bits per heavy atom. The largest absolute Gasteiger partial charge is 0.330 e. The van der Waals surface area contributed by atoms with E-state index in [0.29, 0.717) is 6.04 Å². The van der Waals surface area contributed by atoms with Gasteiger partial charge in [0.15, 0.2) is 0 Å². The lowest BCUT2D eigenvalue weighted by Crippen LogP contribution is -2.27. The van der Waals surface area contributed by atoms with E-state index in [2.05, 4.69) is 18.3 Å². The van der Waals surface area contributed by atoms with Crippen LogP contribution in [0.25, 0.3) is 0 Å². The molecule has 0 aromatic heterocycles. The number of rotatable bonds is 5. The number of aryl methyl sites for hydroxylation is 1. The van der Waals surface area contributed by atoms with Gasteiger partial charge in [0.05, 0.1) is 0 Å². The monoisotopic (exact) mass is 226 g/mol. The highest BCUT2D eigenvalue weighted by Crippen LogP contribution is 2.16. The predicted molar refractivity (Wildman–Crippen MR) is 66.2 cm³/mol. The van der Waals surface area contributed by atoms with E-state index in [1.165, 1.54) is 5.56 Å². The van der Waals surface area contributed by atoms with Crippen molar-refractivity contribution in [2.24, 2.45) is 5.73 Å². The van der Waals surface area contributed by atoms with E-state index >= 15 is 0 Å². The molecule has 0 amide bonds. The summed E-state index contributed by atoms with van der Waals surface area (Å²) >= 11 is 6.04. The predicted octanol–water partition coefficient (Wildman–Crippen LogP) is 2.48. The minimum Gasteiger partial charge on any atom is -0.330 e. The van der Waals surface area contributed by atoms with Gasteiger partial charge in [0.2, 0.25) is 0 Å². The zero-order valence-corrected chi connectivity index (χ0v) is 10.1. The summed E-state index contributed by atoms with van der Waals surface area (Å²) in [6.45, 7) is 5.73. The first-order chi connectivity index (χ1) is 7.13. The molecule has 1 rings (SSSR count). The van der Waals surface area contributed by atoms with Gasteiger partial charge in [-0.15, -0.1) is 0 Å². The molecule has 0 aliphatic rings. The highest BCUT2D eigenvalue weighted by molar-refractivity contribution is 6.31. The Balaban J connectivity index is 2.47. The van der Waals surface area contributed by atoms with Crippen molar-refractivity contribution in [3.05, 3.63) is 34.3 Å². The smallest absolute Gasteiger partial charge is 0.0438 e. The fraction of sp³-hybridized carbons (Fsp3) is 0.500. The SMILES string of the molecule is Cc1ccc(CNC(C)CCN)cc1Cl. The topological polar surface area (TPSA) is 38.0 Å². The fourth-order valence-electron chi connectivity index (χ4n) is 1.39. The highest BCUT2D eigenvalue weighted by Gasteiger charge is 2.01. The minimum absolute atomic E-state index is 0.454. The quantitative estimate of drug-likeness (QED) is 0.810. The summed E-state index contributed by atoms with van der Waals surface area (Å²) in [5, 5.41) is 4.24. The van der Waals surface area contributed by atoms with E-state index < -0.39 is 0 Å². The number of nitrogens with one attached hydrogen (secondary N) is 1. The Kier molecular flexibility index (Phi) is 5.09. The first-order valence-electron chi connectivity index (χ1n) is 5.32. The van der Waals surface area contributed by atoms with Crippen LogP contribution in [-0.4, -0.2) is 12.6 Å². The van der Waals surface area contributed by atoms with Crippen LogP contribution < -0.4 is 11.1 Å². The molecular weight excluding hydrogens is 208 g/mol. The van der Waals surface area contributed by atoms with E-state index in [1.807, 2.05) is 19.1 Å². The molecule has 0 radical (unpaired) electrons. The van der Waals surface area contributed by atoms with Crippen LogP contribution in [0.4, 0.5) is 0 Å². The molecule has 0 aliphatic carbocycles. The second-order valence-electron chi connectivity index (χ2n) is 3.94. The maximum Gasteiger partial charge on any atom is 0.0438 e. The van der Waals surface area contributed by atoms with E-state index in [4.69, 9.17) is 17.3 Å². The third-order valence-corrected chi connectivity index (χ3v) is 2.90. The molecule has 2 nitrogen and oxygen atoms in total. The normalized spacial score (nSPS) is 12.8. The van der Waals surface area contributed by atoms with Crippen LogP contribution in [0.1, 0.15) is 24.5 Å². The molecule has 3 N–H and O–H groups in total. The third-order valence-electron chi connectivity index (χ3n) is 2.49. The molecular formula is C12H19ClN2. The average Bonchev–Trinajstić information content (AvgIpc) is 2.20. The summed E-state index contributed by atoms with van der Waals surface area (Å²) in [6, 6.07) is 6.62. The standard InChI is InChI=1S/C12H19ClN2/c1-9-3-4-11(7-12(9)13)8-15-10(2)5-6-14/h3-4,7,10,15H,5-6,8,14H2,1-2H3. The van der Waals surface area contributed by atoms with Gasteiger partial charge in [0, 0.05) is 17.6 Å². The average molecular weight is 227 g/mol. The van der Waals surface area contributed by atoms with Crippen molar-refractivity contribution in [2.75, 3.05) is 6.54 Å². The highest BCUT2D eigenvalue weighted by atomic mass is 35.5. The lowest BCUT2D eigenvalue weighted by Gasteiger charge is -2.12. The Labute approximate surface area is 96.8 Å². The van der Waals surface area contributed by atoms with Crippen molar-refractivity contribution < 1.29 is 0 Å². The molecule has 0 aliphatic heterocycles. The lowest BCUT2D eigenvalue weighted by atomic mass is 10.1. The zero-order chi connectivity index (χ0) is 11.3.